The van der Waals surface area contributed by atoms with Crippen LogP contribution in [0.5, 0.6) is 0 Å². The summed E-state index contributed by atoms with van der Waals surface area (Å²) in [5.41, 5.74) is 0.984. The topological polar surface area (TPSA) is 35.1 Å². The fraction of sp³-hybridized carbons (Fsp3) is 0.231. The Labute approximate surface area is 100 Å². The molecule has 4 nitrogen and oxygen atoms in total. The van der Waals surface area contributed by atoms with Gasteiger partial charge in [-0.2, -0.15) is 0 Å². The Morgan fingerprint density at radius 3 is 2.65 bits per heavy atom. The minimum Gasteiger partial charge on any atom is -0.452 e. The zero-order chi connectivity index (χ0) is 12.3. The first kappa shape index (κ1) is 11.4. The maximum absolute atomic E-state index is 11.9. The summed E-state index contributed by atoms with van der Waals surface area (Å²) in [5.74, 6) is 0.213. The number of rotatable bonds is 3. The summed E-state index contributed by atoms with van der Waals surface area (Å²) >= 11 is 0. The molecule has 0 aliphatic rings. The van der Waals surface area contributed by atoms with E-state index in [4.69, 9.17) is 4.74 Å². The highest BCUT2D eigenvalue weighted by molar-refractivity contribution is 5.83. The third-order valence-electron chi connectivity index (χ3n) is 2.58. The maximum Gasteiger partial charge on any atom is 0.422 e. The van der Waals surface area contributed by atoms with Gasteiger partial charge in [0.25, 0.3) is 0 Å². The van der Waals surface area contributed by atoms with Crippen molar-refractivity contribution in [3.05, 3.63) is 54.1 Å². The van der Waals surface area contributed by atoms with Gasteiger partial charge in [-0.05, 0) is 5.56 Å². The molecular weight excluding hydrogens is 216 g/mol. The number of benzene rings is 1. The molecular formula is C13H15N2O2+. The largest absolute Gasteiger partial charge is 0.452 e. The van der Waals surface area contributed by atoms with Crippen LogP contribution in [0.1, 0.15) is 16.2 Å². The van der Waals surface area contributed by atoms with Crippen LogP contribution < -0.4 is 4.57 Å². The van der Waals surface area contributed by atoms with Gasteiger partial charge in [0, 0.05) is 0 Å². The van der Waals surface area contributed by atoms with E-state index in [9.17, 15) is 4.79 Å². The molecule has 1 heterocycles. The molecule has 0 radical (unpaired) electrons. The molecule has 0 bridgehead atoms. The summed E-state index contributed by atoms with van der Waals surface area (Å²) in [6.07, 6.45) is 3.64. The Balaban J connectivity index is 2.04. The van der Waals surface area contributed by atoms with Crippen molar-refractivity contribution in [1.82, 2.24) is 4.57 Å². The molecule has 0 amide bonds. The van der Waals surface area contributed by atoms with E-state index in [0.717, 1.165) is 5.56 Å². The summed E-state index contributed by atoms with van der Waals surface area (Å²) in [7, 11) is 3.64. The second kappa shape index (κ2) is 4.82. The van der Waals surface area contributed by atoms with E-state index in [1.165, 1.54) is 0 Å². The molecule has 0 saturated carbocycles. The van der Waals surface area contributed by atoms with Crippen LogP contribution >= 0.6 is 0 Å². The van der Waals surface area contributed by atoms with Gasteiger partial charge >= 0.3 is 11.8 Å². The van der Waals surface area contributed by atoms with Crippen molar-refractivity contribution in [2.45, 2.75) is 6.61 Å². The van der Waals surface area contributed by atoms with E-state index in [0.29, 0.717) is 12.4 Å². The Kier molecular flexibility index (Phi) is 3.23. The minimum absolute atomic E-state index is 0.296. The third kappa shape index (κ3) is 2.53. The number of imidazole rings is 1. The number of hydrogen-bond donors (Lipinski definition) is 0. The average molecular weight is 231 g/mol. The van der Waals surface area contributed by atoms with Crippen LogP contribution in [0.15, 0.2) is 42.7 Å². The number of esters is 1. The fourth-order valence-electron chi connectivity index (χ4n) is 1.67. The minimum atomic E-state index is -0.316. The number of nitrogens with zero attached hydrogens (tertiary/aromatic N) is 2. The molecule has 1 aromatic heterocycles. The van der Waals surface area contributed by atoms with Crippen molar-refractivity contribution in [2.75, 3.05) is 0 Å². The van der Waals surface area contributed by atoms with Crippen LogP contribution in [0.4, 0.5) is 0 Å². The van der Waals surface area contributed by atoms with Gasteiger partial charge in [-0.25, -0.2) is 13.9 Å². The maximum atomic E-state index is 11.9. The summed E-state index contributed by atoms with van der Waals surface area (Å²) in [6, 6.07) is 9.64. The van der Waals surface area contributed by atoms with Gasteiger partial charge in [-0.1, -0.05) is 30.3 Å². The quantitative estimate of drug-likeness (QED) is 0.588. The molecule has 4 heteroatoms. The smallest absolute Gasteiger partial charge is 0.422 e. The molecule has 2 rings (SSSR count). The Bertz CT molecular complexity index is 498. The van der Waals surface area contributed by atoms with Gasteiger partial charge in [0.1, 0.15) is 19.0 Å². The lowest BCUT2D eigenvalue weighted by atomic mass is 10.2. The Hall–Kier alpha value is -2.10. The van der Waals surface area contributed by atoms with Crippen molar-refractivity contribution in [3.63, 3.8) is 0 Å². The number of carbonyl (C=O) groups excluding carboxylic acids is 1. The van der Waals surface area contributed by atoms with E-state index in [1.807, 2.05) is 56.8 Å². The van der Waals surface area contributed by atoms with E-state index >= 15 is 0 Å². The number of ether oxygens (including phenoxy) is 1. The first-order valence-corrected chi connectivity index (χ1v) is 5.40. The number of aryl methyl sites for hydroxylation is 2. The molecule has 0 aliphatic heterocycles. The SMILES string of the molecule is Cn1cc[n+](C)c1C(=O)OCc1ccccc1. The van der Waals surface area contributed by atoms with Crippen molar-refractivity contribution in [1.29, 1.82) is 0 Å². The van der Waals surface area contributed by atoms with E-state index in [-0.39, 0.29) is 5.97 Å². The lowest BCUT2D eigenvalue weighted by Crippen LogP contribution is -2.35. The number of hydrogen-bond acceptors (Lipinski definition) is 2. The molecule has 88 valence electrons. The van der Waals surface area contributed by atoms with E-state index in [1.54, 1.807) is 9.13 Å². The van der Waals surface area contributed by atoms with Gasteiger partial charge in [-0.3, -0.25) is 0 Å². The zero-order valence-electron chi connectivity index (χ0n) is 9.96. The zero-order valence-corrected chi connectivity index (χ0v) is 9.96. The predicted molar refractivity (Wildman–Crippen MR) is 62.2 cm³/mol. The molecule has 0 atom stereocenters. The molecule has 17 heavy (non-hydrogen) atoms. The van der Waals surface area contributed by atoms with Gasteiger partial charge in [0.15, 0.2) is 0 Å². The van der Waals surface area contributed by atoms with Crippen molar-refractivity contribution in [3.8, 4) is 0 Å². The van der Waals surface area contributed by atoms with Crippen LogP contribution in [0.3, 0.4) is 0 Å². The van der Waals surface area contributed by atoms with Gasteiger partial charge in [-0.15, -0.1) is 0 Å². The second-order valence-electron chi connectivity index (χ2n) is 3.91. The third-order valence-corrected chi connectivity index (χ3v) is 2.58. The second-order valence-corrected chi connectivity index (χ2v) is 3.91. The average Bonchev–Trinajstić information content (AvgIpc) is 2.67. The first-order valence-electron chi connectivity index (χ1n) is 5.40. The number of aromatic nitrogens is 2. The molecule has 0 unspecified atom stereocenters. The summed E-state index contributed by atoms with van der Waals surface area (Å²) in [4.78, 5) is 11.9. The van der Waals surface area contributed by atoms with E-state index in [2.05, 4.69) is 0 Å². The predicted octanol–water partition coefficient (Wildman–Crippen LogP) is 1.21. The summed E-state index contributed by atoms with van der Waals surface area (Å²) in [5, 5.41) is 0. The van der Waals surface area contributed by atoms with Gasteiger partial charge < -0.3 is 4.74 Å². The summed E-state index contributed by atoms with van der Waals surface area (Å²) < 4.78 is 8.74. The van der Waals surface area contributed by atoms with Crippen LogP contribution in [-0.4, -0.2) is 10.5 Å². The molecule has 0 saturated heterocycles. The van der Waals surface area contributed by atoms with Gasteiger partial charge in [0.05, 0.1) is 14.1 Å². The highest BCUT2D eigenvalue weighted by Crippen LogP contribution is 2.03. The lowest BCUT2D eigenvalue weighted by molar-refractivity contribution is -0.673. The standard InChI is InChI=1S/C13H15N2O2/c1-14-8-9-15(2)12(14)13(16)17-10-11-6-4-3-5-7-11/h3-9H,10H2,1-2H3/q+1. The molecule has 0 spiro atoms. The molecule has 2 aromatic rings. The summed E-state index contributed by atoms with van der Waals surface area (Å²) in [6.45, 7) is 0.296. The normalized spacial score (nSPS) is 10.2. The monoisotopic (exact) mass is 231 g/mol. The highest BCUT2D eigenvalue weighted by atomic mass is 16.5. The molecule has 1 aromatic carbocycles. The van der Waals surface area contributed by atoms with Gasteiger partial charge in [0.2, 0.25) is 0 Å². The van der Waals surface area contributed by atoms with Crippen molar-refractivity contribution >= 4 is 5.97 Å². The van der Waals surface area contributed by atoms with Crippen molar-refractivity contribution in [2.24, 2.45) is 14.1 Å². The molecule has 0 N–H and O–H groups in total. The van der Waals surface area contributed by atoms with E-state index < -0.39 is 0 Å². The van der Waals surface area contributed by atoms with Crippen molar-refractivity contribution < 1.29 is 14.1 Å². The van der Waals surface area contributed by atoms with Crippen LogP contribution in [-0.2, 0) is 25.4 Å². The van der Waals surface area contributed by atoms with Crippen LogP contribution in [0.2, 0.25) is 0 Å². The number of carbonyl (C=O) groups is 1. The first-order chi connectivity index (χ1) is 8.18. The van der Waals surface area contributed by atoms with Crippen LogP contribution in [0.25, 0.3) is 0 Å². The lowest BCUT2D eigenvalue weighted by Gasteiger charge is -2.02. The highest BCUT2D eigenvalue weighted by Gasteiger charge is 2.22. The molecule has 0 aliphatic carbocycles. The fourth-order valence-corrected chi connectivity index (χ4v) is 1.67. The molecule has 0 fully saturated rings. The van der Waals surface area contributed by atoms with Crippen LogP contribution in [0, 0.1) is 0 Å². The Morgan fingerprint density at radius 2 is 2.06 bits per heavy atom. The Morgan fingerprint density at radius 1 is 1.35 bits per heavy atom.